The third kappa shape index (κ3) is 2.06. The monoisotopic (exact) mass is 253 g/mol. The molecule has 0 spiro atoms. The molecule has 1 N–H and O–H groups in total. The highest BCUT2D eigenvalue weighted by molar-refractivity contribution is 5.84. The highest BCUT2D eigenvalue weighted by atomic mass is 16.4. The van der Waals surface area contributed by atoms with Crippen molar-refractivity contribution in [3.8, 4) is 11.1 Å². The molecule has 19 heavy (non-hydrogen) atoms. The molecular weight excluding hydrogens is 242 g/mol. The Bertz CT molecular complexity index is 749. The lowest BCUT2D eigenvalue weighted by molar-refractivity contribution is -0.136. The highest BCUT2D eigenvalue weighted by Crippen LogP contribution is 2.28. The van der Waals surface area contributed by atoms with Crippen molar-refractivity contribution in [2.75, 3.05) is 0 Å². The Kier molecular flexibility index (Phi) is 2.72. The molecule has 0 aliphatic heterocycles. The van der Waals surface area contributed by atoms with Crippen LogP contribution in [0.1, 0.15) is 5.56 Å². The van der Waals surface area contributed by atoms with Gasteiger partial charge in [-0.25, -0.2) is 0 Å². The molecule has 0 radical (unpaired) electrons. The van der Waals surface area contributed by atoms with Gasteiger partial charge in [0.2, 0.25) is 0 Å². The number of nitrogens with zero attached hydrogens (tertiary/aromatic N) is 3. The fraction of sp³-hybridized carbons (Fsp3) is 0.0714. The zero-order valence-corrected chi connectivity index (χ0v) is 10.0. The number of aromatic nitrogens is 3. The van der Waals surface area contributed by atoms with Crippen LogP contribution >= 0.6 is 0 Å². The molecule has 0 fully saturated rings. The van der Waals surface area contributed by atoms with Gasteiger partial charge in [0.15, 0.2) is 0 Å². The molecule has 5 nitrogen and oxygen atoms in total. The molecule has 0 aliphatic carbocycles. The van der Waals surface area contributed by atoms with Crippen LogP contribution in [-0.4, -0.2) is 25.4 Å². The number of hydrogen-bond acceptors (Lipinski definition) is 3. The second-order valence-corrected chi connectivity index (χ2v) is 4.20. The minimum absolute atomic E-state index is 0.0409. The summed E-state index contributed by atoms with van der Waals surface area (Å²) in [5.74, 6) is -0.865. The maximum atomic E-state index is 10.9. The number of fused-ring (bicyclic) bond motifs is 1. The summed E-state index contributed by atoms with van der Waals surface area (Å²) in [6.45, 7) is 0. The van der Waals surface area contributed by atoms with E-state index < -0.39 is 5.97 Å². The first-order valence-corrected chi connectivity index (χ1v) is 5.81. The lowest BCUT2D eigenvalue weighted by Crippen LogP contribution is -2.02. The summed E-state index contributed by atoms with van der Waals surface area (Å²) >= 11 is 0. The summed E-state index contributed by atoms with van der Waals surface area (Å²) in [4.78, 5) is 19.0. The Morgan fingerprint density at radius 1 is 1.11 bits per heavy atom. The first-order chi connectivity index (χ1) is 9.25. The van der Waals surface area contributed by atoms with Gasteiger partial charge in [-0.05, 0) is 23.3 Å². The molecule has 0 aromatic carbocycles. The Hall–Kier alpha value is -2.69. The van der Waals surface area contributed by atoms with Gasteiger partial charge in [0.1, 0.15) is 0 Å². The summed E-state index contributed by atoms with van der Waals surface area (Å²) < 4.78 is 1.95. The van der Waals surface area contributed by atoms with Crippen LogP contribution in [-0.2, 0) is 11.2 Å². The van der Waals surface area contributed by atoms with Crippen LogP contribution in [0, 0.1) is 0 Å². The van der Waals surface area contributed by atoms with Crippen molar-refractivity contribution in [2.45, 2.75) is 6.42 Å². The van der Waals surface area contributed by atoms with E-state index in [1.807, 2.05) is 28.9 Å². The zero-order valence-electron chi connectivity index (χ0n) is 10.0. The number of carboxylic acids is 1. The molecule has 94 valence electrons. The van der Waals surface area contributed by atoms with Crippen LogP contribution in [0.4, 0.5) is 0 Å². The first kappa shape index (κ1) is 11.4. The van der Waals surface area contributed by atoms with Crippen LogP contribution in [0.2, 0.25) is 0 Å². The summed E-state index contributed by atoms with van der Waals surface area (Å²) in [7, 11) is 0. The summed E-state index contributed by atoms with van der Waals surface area (Å²) in [6.07, 6.45) is 10.5. The van der Waals surface area contributed by atoms with E-state index >= 15 is 0 Å². The second-order valence-electron chi connectivity index (χ2n) is 4.20. The highest BCUT2D eigenvalue weighted by Gasteiger charge is 2.12. The van der Waals surface area contributed by atoms with E-state index in [1.165, 1.54) is 0 Å². The van der Waals surface area contributed by atoms with Gasteiger partial charge in [0, 0.05) is 36.5 Å². The van der Waals surface area contributed by atoms with Crippen molar-refractivity contribution in [3.63, 3.8) is 0 Å². The quantitative estimate of drug-likeness (QED) is 0.775. The largest absolute Gasteiger partial charge is 0.481 e. The van der Waals surface area contributed by atoms with Crippen molar-refractivity contribution < 1.29 is 9.90 Å². The average molecular weight is 253 g/mol. The Morgan fingerprint density at radius 2 is 1.95 bits per heavy atom. The van der Waals surface area contributed by atoms with Crippen molar-refractivity contribution >= 4 is 11.5 Å². The van der Waals surface area contributed by atoms with Gasteiger partial charge in [-0.2, -0.15) is 0 Å². The van der Waals surface area contributed by atoms with Crippen LogP contribution in [0.15, 0.2) is 49.3 Å². The molecular formula is C14H11N3O2. The average Bonchev–Trinajstić information content (AvgIpc) is 2.82. The van der Waals surface area contributed by atoms with Crippen molar-refractivity contribution in [3.05, 3.63) is 54.9 Å². The first-order valence-electron chi connectivity index (χ1n) is 5.81. The smallest absolute Gasteiger partial charge is 0.307 e. The SMILES string of the molecule is O=C(O)Cc1cnccc1-c1ccn2ccncc12. The predicted octanol–water partition coefficient (Wildman–Crippen LogP) is 2.02. The normalized spacial score (nSPS) is 10.7. The molecule has 0 aliphatic rings. The van der Waals surface area contributed by atoms with Gasteiger partial charge in [-0.3, -0.25) is 14.8 Å². The molecule has 3 rings (SSSR count). The third-order valence-corrected chi connectivity index (χ3v) is 3.00. The van der Waals surface area contributed by atoms with Gasteiger partial charge in [-0.15, -0.1) is 0 Å². The molecule has 3 aromatic rings. The van der Waals surface area contributed by atoms with E-state index in [0.717, 1.165) is 16.6 Å². The van der Waals surface area contributed by atoms with Crippen LogP contribution in [0.5, 0.6) is 0 Å². The number of rotatable bonds is 3. The van der Waals surface area contributed by atoms with Crippen molar-refractivity contribution in [1.29, 1.82) is 0 Å². The fourth-order valence-corrected chi connectivity index (χ4v) is 2.17. The molecule has 0 amide bonds. The lowest BCUT2D eigenvalue weighted by atomic mass is 10.0. The van der Waals surface area contributed by atoms with Gasteiger partial charge in [0.25, 0.3) is 0 Å². The van der Waals surface area contributed by atoms with E-state index in [2.05, 4.69) is 9.97 Å². The predicted molar refractivity (Wildman–Crippen MR) is 69.8 cm³/mol. The molecule has 0 saturated heterocycles. The van der Waals surface area contributed by atoms with E-state index in [9.17, 15) is 4.79 Å². The van der Waals surface area contributed by atoms with Gasteiger partial charge in [0.05, 0.1) is 18.1 Å². The standard InChI is InChI=1S/C14H11N3O2/c18-14(19)7-10-8-15-3-1-11(10)12-2-5-17-6-4-16-9-13(12)17/h1-6,8-9H,7H2,(H,18,19). The summed E-state index contributed by atoms with van der Waals surface area (Å²) in [5, 5.41) is 8.96. The second kappa shape index (κ2) is 4.53. The molecule has 0 unspecified atom stereocenters. The number of aliphatic carboxylic acids is 1. The van der Waals surface area contributed by atoms with Crippen LogP contribution in [0.25, 0.3) is 16.6 Å². The summed E-state index contributed by atoms with van der Waals surface area (Å²) in [5.41, 5.74) is 3.49. The minimum Gasteiger partial charge on any atom is -0.481 e. The fourth-order valence-electron chi connectivity index (χ4n) is 2.17. The van der Waals surface area contributed by atoms with Gasteiger partial charge < -0.3 is 9.51 Å². The Balaban J connectivity index is 2.19. The number of carbonyl (C=O) groups is 1. The van der Waals surface area contributed by atoms with Gasteiger partial charge >= 0.3 is 5.97 Å². The van der Waals surface area contributed by atoms with Crippen LogP contribution in [0.3, 0.4) is 0 Å². The zero-order chi connectivity index (χ0) is 13.2. The minimum atomic E-state index is -0.865. The van der Waals surface area contributed by atoms with Crippen LogP contribution < -0.4 is 0 Å². The van der Waals surface area contributed by atoms with Crippen molar-refractivity contribution in [1.82, 2.24) is 14.4 Å². The third-order valence-electron chi connectivity index (χ3n) is 3.00. The Labute approximate surface area is 109 Å². The topological polar surface area (TPSA) is 67.5 Å². The number of carboxylic acid groups (broad SMARTS) is 1. The molecule has 5 heteroatoms. The maximum Gasteiger partial charge on any atom is 0.307 e. The molecule has 0 atom stereocenters. The Morgan fingerprint density at radius 3 is 2.79 bits per heavy atom. The maximum absolute atomic E-state index is 10.9. The number of pyridine rings is 1. The lowest BCUT2D eigenvalue weighted by Gasteiger charge is -2.06. The van der Waals surface area contributed by atoms with E-state index in [1.54, 1.807) is 24.8 Å². The molecule has 3 heterocycles. The van der Waals surface area contributed by atoms with Crippen molar-refractivity contribution in [2.24, 2.45) is 0 Å². The van der Waals surface area contributed by atoms with E-state index in [4.69, 9.17) is 5.11 Å². The number of hydrogen-bond donors (Lipinski definition) is 1. The molecule has 0 saturated carbocycles. The van der Waals surface area contributed by atoms with E-state index in [0.29, 0.717) is 5.56 Å². The molecule has 3 aromatic heterocycles. The van der Waals surface area contributed by atoms with E-state index in [-0.39, 0.29) is 6.42 Å². The van der Waals surface area contributed by atoms with Gasteiger partial charge in [-0.1, -0.05) is 0 Å². The summed E-state index contributed by atoms with van der Waals surface area (Å²) in [6, 6.07) is 3.79. The molecule has 0 bridgehead atoms.